The topological polar surface area (TPSA) is 50.8 Å². The van der Waals surface area contributed by atoms with Crippen LogP contribution in [0.15, 0.2) is 34.9 Å². The SMILES string of the molecule is O=C(OCc1ccc(Cl)cc1)N1CCC2(C=C(Br)NO2)CC1. The summed E-state index contributed by atoms with van der Waals surface area (Å²) in [5, 5.41) is 0.667. The molecule has 0 unspecified atom stereocenters. The van der Waals surface area contributed by atoms with Gasteiger partial charge in [0.1, 0.15) is 16.8 Å². The van der Waals surface area contributed by atoms with Crippen LogP contribution in [-0.4, -0.2) is 29.7 Å². The third-order valence-corrected chi connectivity index (χ3v) is 4.53. The van der Waals surface area contributed by atoms with E-state index in [1.165, 1.54) is 0 Å². The van der Waals surface area contributed by atoms with Crippen LogP contribution in [0.5, 0.6) is 0 Å². The Morgan fingerprint density at radius 1 is 1.36 bits per heavy atom. The second kappa shape index (κ2) is 6.48. The van der Waals surface area contributed by atoms with Crippen molar-refractivity contribution in [3.05, 3.63) is 45.5 Å². The quantitative estimate of drug-likeness (QED) is 0.788. The van der Waals surface area contributed by atoms with E-state index in [9.17, 15) is 4.79 Å². The Balaban J connectivity index is 1.49. The first-order valence-electron chi connectivity index (χ1n) is 7.05. The van der Waals surface area contributed by atoms with Crippen molar-refractivity contribution < 1.29 is 14.4 Å². The third-order valence-electron chi connectivity index (χ3n) is 3.89. The average Bonchev–Trinajstić information content (AvgIpc) is 2.88. The Morgan fingerprint density at radius 3 is 2.64 bits per heavy atom. The number of rotatable bonds is 2. The number of hydroxylamine groups is 1. The summed E-state index contributed by atoms with van der Waals surface area (Å²) < 4.78 is 6.18. The van der Waals surface area contributed by atoms with Gasteiger partial charge in [-0.2, -0.15) is 0 Å². The molecule has 1 saturated heterocycles. The van der Waals surface area contributed by atoms with Gasteiger partial charge in [-0.05, 0) is 39.7 Å². The van der Waals surface area contributed by atoms with Gasteiger partial charge in [-0.1, -0.05) is 23.7 Å². The first-order valence-corrected chi connectivity index (χ1v) is 8.22. The minimum absolute atomic E-state index is 0.251. The fraction of sp³-hybridized carbons (Fsp3) is 0.400. The zero-order chi connectivity index (χ0) is 15.6. The smallest absolute Gasteiger partial charge is 0.410 e. The van der Waals surface area contributed by atoms with Crippen molar-refractivity contribution in [1.82, 2.24) is 10.4 Å². The Morgan fingerprint density at radius 2 is 2.05 bits per heavy atom. The lowest BCUT2D eigenvalue weighted by Crippen LogP contribution is -2.46. The summed E-state index contributed by atoms with van der Waals surface area (Å²) in [6.07, 6.45) is 3.21. The second-order valence-corrected chi connectivity index (χ2v) is 6.72. The molecule has 1 N–H and O–H groups in total. The lowest BCUT2D eigenvalue weighted by molar-refractivity contribution is -0.0701. The number of amides is 1. The number of piperidine rings is 1. The van der Waals surface area contributed by atoms with Gasteiger partial charge in [0.25, 0.3) is 0 Å². The van der Waals surface area contributed by atoms with Gasteiger partial charge in [0, 0.05) is 31.0 Å². The lowest BCUT2D eigenvalue weighted by Gasteiger charge is -2.35. The molecule has 2 aliphatic rings. The summed E-state index contributed by atoms with van der Waals surface area (Å²) in [5.74, 6) is 0. The molecule has 1 spiro atoms. The van der Waals surface area contributed by atoms with Crippen LogP contribution in [0.4, 0.5) is 4.79 Å². The molecule has 2 heterocycles. The highest BCUT2D eigenvalue weighted by atomic mass is 79.9. The standard InChI is InChI=1S/C15H16BrClN2O3/c16-13-9-15(22-18-13)5-7-19(8-6-15)14(20)21-10-11-1-3-12(17)4-2-11/h1-4,9,18H,5-8,10H2. The summed E-state index contributed by atoms with van der Waals surface area (Å²) >= 11 is 9.18. The number of benzene rings is 1. The predicted molar refractivity (Wildman–Crippen MR) is 86.4 cm³/mol. The van der Waals surface area contributed by atoms with Crippen LogP contribution in [-0.2, 0) is 16.2 Å². The number of carbonyl (C=O) groups excluding carboxylic acids is 1. The number of hydrogen-bond acceptors (Lipinski definition) is 4. The molecule has 1 fully saturated rings. The minimum atomic E-state index is -0.314. The van der Waals surface area contributed by atoms with Gasteiger partial charge in [-0.25, -0.2) is 4.79 Å². The highest BCUT2D eigenvalue weighted by molar-refractivity contribution is 9.11. The van der Waals surface area contributed by atoms with E-state index >= 15 is 0 Å². The van der Waals surface area contributed by atoms with Gasteiger partial charge in [0.05, 0.1) is 0 Å². The maximum atomic E-state index is 12.1. The summed E-state index contributed by atoms with van der Waals surface area (Å²) in [7, 11) is 0. The molecule has 5 nitrogen and oxygen atoms in total. The van der Waals surface area contributed by atoms with Crippen molar-refractivity contribution in [2.45, 2.75) is 25.0 Å². The van der Waals surface area contributed by atoms with Gasteiger partial charge in [0.2, 0.25) is 0 Å². The molecule has 2 aliphatic heterocycles. The molecular formula is C15H16BrClN2O3. The highest BCUT2D eigenvalue weighted by Crippen LogP contribution is 2.33. The molecule has 0 aliphatic carbocycles. The zero-order valence-corrected chi connectivity index (χ0v) is 14.2. The molecule has 1 amide bonds. The molecule has 0 atom stereocenters. The van der Waals surface area contributed by atoms with Crippen LogP contribution in [0.2, 0.25) is 5.02 Å². The number of ether oxygens (including phenoxy) is 1. The van der Waals surface area contributed by atoms with Gasteiger partial charge < -0.3 is 9.64 Å². The van der Waals surface area contributed by atoms with E-state index < -0.39 is 0 Å². The van der Waals surface area contributed by atoms with Crippen LogP contribution in [0.25, 0.3) is 0 Å². The summed E-state index contributed by atoms with van der Waals surface area (Å²) in [6.45, 7) is 1.47. The van der Waals surface area contributed by atoms with E-state index in [2.05, 4.69) is 21.4 Å². The fourth-order valence-corrected chi connectivity index (χ4v) is 3.20. The maximum absolute atomic E-state index is 12.1. The Labute approximate surface area is 142 Å². The van der Waals surface area contributed by atoms with Gasteiger partial charge in [-0.15, -0.1) is 0 Å². The maximum Gasteiger partial charge on any atom is 0.410 e. The molecule has 22 heavy (non-hydrogen) atoms. The first-order chi connectivity index (χ1) is 10.6. The van der Waals surface area contributed by atoms with E-state index in [1.54, 1.807) is 17.0 Å². The molecule has 1 aromatic rings. The minimum Gasteiger partial charge on any atom is -0.445 e. The number of halogens is 2. The first kappa shape index (κ1) is 15.6. The molecule has 118 valence electrons. The van der Waals surface area contributed by atoms with Crippen molar-refractivity contribution in [2.24, 2.45) is 0 Å². The second-order valence-electron chi connectivity index (χ2n) is 5.43. The number of hydrogen-bond donors (Lipinski definition) is 1. The number of likely N-dealkylation sites (tertiary alicyclic amines) is 1. The van der Waals surface area contributed by atoms with E-state index in [0.717, 1.165) is 23.0 Å². The summed E-state index contributed by atoms with van der Waals surface area (Å²) in [6, 6.07) is 7.26. The summed E-state index contributed by atoms with van der Waals surface area (Å²) in [4.78, 5) is 19.4. The lowest BCUT2D eigenvalue weighted by atomic mass is 9.92. The molecule has 3 rings (SSSR count). The van der Waals surface area contributed by atoms with Gasteiger partial charge in [0.15, 0.2) is 0 Å². The van der Waals surface area contributed by atoms with Crippen LogP contribution < -0.4 is 5.48 Å². The van der Waals surface area contributed by atoms with E-state index in [0.29, 0.717) is 18.1 Å². The summed E-state index contributed by atoms with van der Waals surface area (Å²) in [5.41, 5.74) is 3.41. The van der Waals surface area contributed by atoms with E-state index in [-0.39, 0.29) is 18.3 Å². The normalized spacial score (nSPS) is 19.7. The predicted octanol–water partition coefficient (Wildman–Crippen LogP) is 3.58. The van der Waals surface area contributed by atoms with E-state index in [1.807, 2.05) is 18.2 Å². The van der Waals surface area contributed by atoms with Crippen LogP contribution in [0, 0.1) is 0 Å². The van der Waals surface area contributed by atoms with Crippen molar-refractivity contribution >= 4 is 33.6 Å². The Hall–Kier alpha value is -1.24. The van der Waals surface area contributed by atoms with Crippen LogP contribution >= 0.6 is 27.5 Å². The third kappa shape index (κ3) is 3.56. The molecule has 7 heteroatoms. The largest absolute Gasteiger partial charge is 0.445 e. The zero-order valence-electron chi connectivity index (χ0n) is 11.9. The molecule has 0 bridgehead atoms. The van der Waals surface area contributed by atoms with E-state index in [4.69, 9.17) is 21.2 Å². The number of carbonyl (C=O) groups is 1. The van der Waals surface area contributed by atoms with Crippen molar-refractivity contribution in [3.63, 3.8) is 0 Å². The van der Waals surface area contributed by atoms with Crippen molar-refractivity contribution in [2.75, 3.05) is 13.1 Å². The number of nitrogens with one attached hydrogen (secondary N) is 1. The van der Waals surface area contributed by atoms with Crippen LogP contribution in [0.3, 0.4) is 0 Å². The average molecular weight is 388 g/mol. The van der Waals surface area contributed by atoms with Crippen molar-refractivity contribution in [1.29, 1.82) is 0 Å². The fourth-order valence-electron chi connectivity index (χ4n) is 2.57. The highest BCUT2D eigenvalue weighted by Gasteiger charge is 2.39. The van der Waals surface area contributed by atoms with Crippen molar-refractivity contribution in [3.8, 4) is 0 Å². The molecular weight excluding hydrogens is 372 g/mol. The number of nitrogens with zero attached hydrogens (tertiary/aromatic N) is 1. The molecule has 0 radical (unpaired) electrons. The monoisotopic (exact) mass is 386 g/mol. The van der Waals surface area contributed by atoms with Gasteiger partial charge in [-0.3, -0.25) is 10.3 Å². The van der Waals surface area contributed by atoms with Crippen LogP contribution in [0.1, 0.15) is 18.4 Å². The Kier molecular flexibility index (Phi) is 4.61. The molecule has 0 aromatic heterocycles. The van der Waals surface area contributed by atoms with Gasteiger partial charge >= 0.3 is 6.09 Å². The molecule has 1 aromatic carbocycles. The molecule has 0 saturated carbocycles. The Bertz CT molecular complexity index is 583.